The van der Waals surface area contributed by atoms with Gasteiger partial charge in [0.05, 0.1) is 0 Å². The van der Waals surface area contributed by atoms with Crippen LogP contribution in [0.4, 0.5) is 5.69 Å². The molecule has 1 aliphatic rings. The number of likely N-dealkylation sites (tertiary alicyclic amines) is 1. The number of hydrogen-bond acceptors (Lipinski definition) is 4. The highest BCUT2D eigenvalue weighted by atomic mass is 16.1. The first-order valence-electron chi connectivity index (χ1n) is 13.0. The van der Waals surface area contributed by atoms with Crippen LogP contribution in [0.3, 0.4) is 0 Å². The molecule has 184 valence electrons. The minimum atomic E-state index is 0.0339. The number of rotatable bonds is 12. The molecule has 1 fully saturated rings. The minimum absolute atomic E-state index is 0.0339. The van der Waals surface area contributed by atoms with E-state index in [0.29, 0.717) is 6.42 Å². The van der Waals surface area contributed by atoms with E-state index in [2.05, 4.69) is 65.4 Å². The number of nitrogens with one attached hydrogen (secondary N) is 1. The quantitative estimate of drug-likeness (QED) is 0.342. The standard InChI is InChI=1S/C29H41N3O2/c1-4-9-23-12-13-27(24-10-8-11-26(22-24)31(3)17-6-7-20-33)28(21-23)29(34)30-25-14-18-32(16-5-2)19-15-25/h8,10-13,20-22,25H,4-7,9,14-19H2,1-3H3,(H,30,34). The van der Waals surface area contributed by atoms with Crippen molar-refractivity contribution in [3.63, 3.8) is 0 Å². The average Bonchev–Trinajstić information content (AvgIpc) is 2.86. The highest BCUT2D eigenvalue weighted by Crippen LogP contribution is 2.29. The Morgan fingerprint density at radius 3 is 2.62 bits per heavy atom. The van der Waals surface area contributed by atoms with E-state index in [0.717, 1.165) is 86.9 Å². The minimum Gasteiger partial charge on any atom is -0.375 e. The number of carbonyl (C=O) groups is 2. The van der Waals surface area contributed by atoms with Crippen molar-refractivity contribution in [2.24, 2.45) is 0 Å². The van der Waals surface area contributed by atoms with E-state index in [-0.39, 0.29) is 11.9 Å². The van der Waals surface area contributed by atoms with Gasteiger partial charge in [-0.05, 0) is 73.5 Å². The van der Waals surface area contributed by atoms with E-state index in [9.17, 15) is 9.59 Å². The van der Waals surface area contributed by atoms with Crippen LogP contribution in [0.2, 0.25) is 0 Å². The Kier molecular flexibility index (Phi) is 10.1. The van der Waals surface area contributed by atoms with E-state index in [1.807, 2.05) is 13.1 Å². The lowest BCUT2D eigenvalue weighted by molar-refractivity contribution is -0.107. The van der Waals surface area contributed by atoms with E-state index in [4.69, 9.17) is 0 Å². The van der Waals surface area contributed by atoms with Crippen LogP contribution in [0.25, 0.3) is 11.1 Å². The summed E-state index contributed by atoms with van der Waals surface area (Å²) in [5.41, 5.74) is 5.09. The molecule has 5 heteroatoms. The Balaban J connectivity index is 1.81. The van der Waals surface area contributed by atoms with Crippen LogP contribution < -0.4 is 10.2 Å². The van der Waals surface area contributed by atoms with E-state index in [1.54, 1.807) is 0 Å². The lowest BCUT2D eigenvalue weighted by atomic mass is 9.94. The molecule has 34 heavy (non-hydrogen) atoms. The van der Waals surface area contributed by atoms with Gasteiger partial charge < -0.3 is 19.9 Å². The topological polar surface area (TPSA) is 52.7 Å². The first-order chi connectivity index (χ1) is 16.5. The lowest BCUT2D eigenvalue weighted by Crippen LogP contribution is -2.44. The number of anilines is 1. The molecule has 5 nitrogen and oxygen atoms in total. The molecule has 2 aromatic rings. The summed E-state index contributed by atoms with van der Waals surface area (Å²) >= 11 is 0. The zero-order valence-corrected chi connectivity index (χ0v) is 21.2. The van der Waals surface area contributed by atoms with Gasteiger partial charge in [0, 0.05) is 50.4 Å². The van der Waals surface area contributed by atoms with Gasteiger partial charge in [0.1, 0.15) is 6.29 Å². The Hall–Kier alpha value is -2.66. The smallest absolute Gasteiger partial charge is 0.252 e. The molecular formula is C29H41N3O2. The summed E-state index contributed by atoms with van der Waals surface area (Å²) in [5.74, 6) is 0.0339. The van der Waals surface area contributed by atoms with Crippen LogP contribution in [0.5, 0.6) is 0 Å². The zero-order chi connectivity index (χ0) is 24.3. The highest BCUT2D eigenvalue weighted by Gasteiger charge is 2.22. The van der Waals surface area contributed by atoms with Gasteiger partial charge in [-0.25, -0.2) is 0 Å². The van der Waals surface area contributed by atoms with Gasteiger partial charge in [-0.15, -0.1) is 0 Å². The number of benzene rings is 2. The molecule has 0 bridgehead atoms. The Labute approximate surface area is 205 Å². The second-order valence-electron chi connectivity index (χ2n) is 9.50. The maximum Gasteiger partial charge on any atom is 0.252 e. The second-order valence-corrected chi connectivity index (χ2v) is 9.50. The molecule has 0 spiro atoms. The van der Waals surface area contributed by atoms with Crippen molar-refractivity contribution in [3.8, 4) is 11.1 Å². The summed E-state index contributed by atoms with van der Waals surface area (Å²) in [6.07, 6.45) is 7.60. The van der Waals surface area contributed by atoms with Crippen molar-refractivity contribution in [1.82, 2.24) is 10.2 Å². The van der Waals surface area contributed by atoms with Crippen molar-refractivity contribution < 1.29 is 9.59 Å². The number of carbonyl (C=O) groups excluding carboxylic acids is 2. The van der Waals surface area contributed by atoms with E-state index >= 15 is 0 Å². The lowest BCUT2D eigenvalue weighted by Gasteiger charge is -2.32. The monoisotopic (exact) mass is 463 g/mol. The van der Waals surface area contributed by atoms with Crippen molar-refractivity contribution in [1.29, 1.82) is 0 Å². The van der Waals surface area contributed by atoms with Gasteiger partial charge >= 0.3 is 0 Å². The number of piperidine rings is 1. The molecule has 1 amide bonds. The maximum atomic E-state index is 13.5. The van der Waals surface area contributed by atoms with Crippen LogP contribution >= 0.6 is 0 Å². The van der Waals surface area contributed by atoms with Crippen LogP contribution in [0, 0.1) is 0 Å². The first-order valence-corrected chi connectivity index (χ1v) is 13.0. The number of amides is 1. The van der Waals surface area contributed by atoms with Crippen molar-refractivity contribution in [2.75, 3.05) is 38.1 Å². The van der Waals surface area contributed by atoms with Gasteiger partial charge in [-0.3, -0.25) is 4.79 Å². The normalized spacial score (nSPS) is 14.7. The Morgan fingerprint density at radius 2 is 1.91 bits per heavy atom. The molecular weight excluding hydrogens is 422 g/mol. The fraction of sp³-hybridized carbons (Fsp3) is 0.517. The molecule has 0 unspecified atom stereocenters. The van der Waals surface area contributed by atoms with Crippen LogP contribution in [-0.4, -0.2) is 56.4 Å². The molecule has 0 saturated carbocycles. The molecule has 3 rings (SSSR count). The second kappa shape index (κ2) is 13.3. The predicted molar refractivity (Wildman–Crippen MR) is 142 cm³/mol. The van der Waals surface area contributed by atoms with Crippen molar-refractivity contribution >= 4 is 17.9 Å². The molecule has 2 aromatic carbocycles. The molecule has 0 atom stereocenters. The van der Waals surface area contributed by atoms with E-state index < -0.39 is 0 Å². The van der Waals surface area contributed by atoms with Crippen LogP contribution in [0.1, 0.15) is 68.3 Å². The zero-order valence-electron chi connectivity index (χ0n) is 21.2. The SMILES string of the molecule is CCCc1ccc(-c2cccc(N(C)CCCC=O)c2)c(C(=O)NC2CCN(CCC)CC2)c1. The molecule has 1 heterocycles. The number of aryl methyl sites for hydroxylation is 1. The largest absolute Gasteiger partial charge is 0.375 e. The summed E-state index contributed by atoms with van der Waals surface area (Å²) in [7, 11) is 2.05. The number of aldehydes is 1. The maximum absolute atomic E-state index is 13.5. The third-order valence-electron chi connectivity index (χ3n) is 6.74. The summed E-state index contributed by atoms with van der Waals surface area (Å²) in [6.45, 7) is 8.46. The molecule has 1 N–H and O–H groups in total. The predicted octanol–water partition coefficient (Wildman–Crippen LogP) is 5.33. The highest BCUT2D eigenvalue weighted by molar-refractivity contribution is 6.01. The summed E-state index contributed by atoms with van der Waals surface area (Å²) < 4.78 is 0. The number of nitrogens with zero attached hydrogens (tertiary/aromatic N) is 2. The van der Waals surface area contributed by atoms with Gasteiger partial charge in [0.25, 0.3) is 5.91 Å². The third-order valence-corrected chi connectivity index (χ3v) is 6.74. The van der Waals surface area contributed by atoms with Gasteiger partial charge in [0.15, 0.2) is 0 Å². The van der Waals surface area contributed by atoms with Gasteiger partial charge in [-0.2, -0.15) is 0 Å². The van der Waals surface area contributed by atoms with Gasteiger partial charge in [0.2, 0.25) is 0 Å². The van der Waals surface area contributed by atoms with Crippen LogP contribution in [-0.2, 0) is 11.2 Å². The summed E-state index contributed by atoms with van der Waals surface area (Å²) in [5, 5.41) is 3.34. The molecule has 1 aliphatic heterocycles. The summed E-state index contributed by atoms with van der Waals surface area (Å²) in [4.78, 5) is 28.8. The fourth-order valence-corrected chi connectivity index (χ4v) is 4.81. The third kappa shape index (κ3) is 7.17. The Bertz CT molecular complexity index is 935. The molecule has 0 aliphatic carbocycles. The molecule has 1 saturated heterocycles. The fourth-order valence-electron chi connectivity index (χ4n) is 4.81. The van der Waals surface area contributed by atoms with E-state index in [1.165, 1.54) is 12.0 Å². The summed E-state index contributed by atoms with van der Waals surface area (Å²) in [6, 6.07) is 14.9. The molecule has 0 aromatic heterocycles. The van der Waals surface area contributed by atoms with Crippen molar-refractivity contribution in [3.05, 3.63) is 53.6 Å². The average molecular weight is 464 g/mol. The molecule has 0 radical (unpaired) electrons. The Morgan fingerprint density at radius 1 is 1.12 bits per heavy atom. The van der Waals surface area contributed by atoms with Crippen molar-refractivity contribution in [2.45, 2.75) is 64.8 Å². The van der Waals surface area contributed by atoms with Gasteiger partial charge in [-0.1, -0.05) is 44.5 Å². The van der Waals surface area contributed by atoms with Crippen LogP contribution in [0.15, 0.2) is 42.5 Å². The first kappa shape index (κ1) is 26.0. The number of unbranched alkanes of at least 4 members (excludes halogenated alkanes) is 1. The number of hydrogen-bond donors (Lipinski definition) is 1.